The van der Waals surface area contributed by atoms with Crippen LogP contribution in [0.1, 0.15) is 29.7 Å². The first-order valence-corrected chi connectivity index (χ1v) is 9.81. The van der Waals surface area contributed by atoms with Crippen LogP contribution < -0.4 is 14.8 Å². The van der Waals surface area contributed by atoms with E-state index in [0.717, 1.165) is 28.1 Å². The molecule has 0 heterocycles. The first-order chi connectivity index (χ1) is 14.5. The minimum Gasteiger partial charge on any atom is -0.494 e. The highest BCUT2D eigenvalue weighted by molar-refractivity contribution is 5.83. The molecule has 1 amide bonds. The molecule has 0 fully saturated rings. The zero-order valence-electron chi connectivity index (χ0n) is 17.5. The smallest absolute Gasteiger partial charge is 0.258 e. The Morgan fingerprint density at radius 3 is 2.50 bits per heavy atom. The van der Waals surface area contributed by atoms with Crippen LogP contribution in [0.15, 0.2) is 77.8 Å². The second-order valence-electron chi connectivity index (χ2n) is 6.99. The van der Waals surface area contributed by atoms with Crippen molar-refractivity contribution >= 4 is 17.8 Å². The van der Waals surface area contributed by atoms with Gasteiger partial charge in [0.2, 0.25) is 0 Å². The highest BCUT2D eigenvalue weighted by Gasteiger charge is 2.09. The monoisotopic (exact) mass is 402 g/mol. The number of rotatable bonds is 8. The maximum absolute atomic E-state index is 12.1. The predicted octanol–water partition coefficient (Wildman–Crippen LogP) is 5.01. The summed E-state index contributed by atoms with van der Waals surface area (Å²) in [7, 11) is 1.63. The number of methoxy groups -OCH3 is 1. The van der Waals surface area contributed by atoms with E-state index in [-0.39, 0.29) is 18.6 Å². The first-order valence-electron chi connectivity index (χ1n) is 9.81. The van der Waals surface area contributed by atoms with Crippen molar-refractivity contribution in [2.45, 2.75) is 19.9 Å². The van der Waals surface area contributed by atoms with E-state index in [2.05, 4.69) is 10.3 Å². The summed E-state index contributed by atoms with van der Waals surface area (Å²) in [4.78, 5) is 16.7. The van der Waals surface area contributed by atoms with E-state index < -0.39 is 0 Å². The fourth-order valence-corrected chi connectivity index (χ4v) is 2.95. The normalized spacial score (nSPS) is 11.8. The Morgan fingerprint density at radius 2 is 1.80 bits per heavy atom. The third-order valence-corrected chi connectivity index (χ3v) is 4.61. The van der Waals surface area contributed by atoms with E-state index in [1.165, 1.54) is 0 Å². The first kappa shape index (κ1) is 21.1. The number of benzene rings is 3. The molecule has 0 radical (unpaired) electrons. The second kappa shape index (κ2) is 10.3. The van der Waals surface area contributed by atoms with Gasteiger partial charge < -0.3 is 14.8 Å². The lowest BCUT2D eigenvalue weighted by molar-refractivity contribution is -0.123. The molecule has 0 aliphatic carbocycles. The quantitative estimate of drug-likeness (QED) is 0.539. The molecule has 0 aromatic heterocycles. The standard InChI is InChI=1S/C25H26N2O3/c1-18-9-14-24(29-3)23(15-18)26-16-20-10-12-22(13-11-20)30-17-25(28)27-19(2)21-7-5-4-6-8-21/h4-16,19H,17H2,1-3H3,(H,27,28)/t19-/m0/s1. The minimum atomic E-state index is -0.163. The molecule has 3 rings (SSSR count). The summed E-state index contributed by atoms with van der Waals surface area (Å²) < 4.78 is 10.9. The van der Waals surface area contributed by atoms with Crippen molar-refractivity contribution in [2.24, 2.45) is 4.99 Å². The summed E-state index contributed by atoms with van der Waals surface area (Å²) in [6.07, 6.45) is 1.77. The van der Waals surface area contributed by atoms with Gasteiger partial charge in [0.25, 0.3) is 5.91 Å². The molecule has 30 heavy (non-hydrogen) atoms. The molecule has 0 aliphatic heterocycles. The largest absolute Gasteiger partial charge is 0.494 e. The molecule has 0 saturated carbocycles. The van der Waals surface area contributed by atoms with Crippen LogP contribution in [0.5, 0.6) is 11.5 Å². The molecule has 154 valence electrons. The number of ether oxygens (including phenoxy) is 2. The van der Waals surface area contributed by atoms with Gasteiger partial charge >= 0.3 is 0 Å². The number of carbonyl (C=O) groups is 1. The van der Waals surface area contributed by atoms with Crippen molar-refractivity contribution in [1.82, 2.24) is 5.32 Å². The number of hydrogen-bond donors (Lipinski definition) is 1. The SMILES string of the molecule is COc1ccc(C)cc1N=Cc1ccc(OCC(=O)N[C@@H](C)c2ccccc2)cc1. The van der Waals surface area contributed by atoms with Crippen LogP contribution in [0.25, 0.3) is 0 Å². The number of aryl methyl sites for hydroxylation is 1. The van der Waals surface area contributed by atoms with Gasteiger partial charge in [0.05, 0.1) is 13.2 Å². The molecule has 3 aromatic rings. The Kier molecular flexibility index (Phi) is 7.22. The van der Waals surface area contributed by atoms with Crippen molar-refractivity contribution in [3.8, 4) is 11.5 Å². The average molecular weight is 402 g/mol. The lowest BCUT2D eigenvalue weighted by Gasteiger charge is -2.14. The molecule has 0 spiro atoms. The van der Waals surface area contributed by atoms with Crippen LogP contribution >= 0.6 is 0 Å². The maximum Gasteiger partial charge on any atom is 0.258 e. The summed E-state index contributed by atoms with van der Waals surface area (Å²) in [5, 5.41) is 2.93. The number of hydrogen-bond acceptors (Lipinski definition) is 4. The van der Waals surface area contributed by atoms with Gasteiger partial charge in [-0.3, -0.25) is 9.79 Å². The summed E-state index contributed by atoms with van der Waals surface area (Å²) >= 11 is 0. The van der Waals surface area contributed by atoms with Gasteiger partial charge in [0.15, 0.2) is 6.61 Å². The fourth-order valence-electron chi connectivity index (χ4n) is 2.95. The Bertz CT molecular complexity index is 999. The molecule has 1 N–H and O–H groups in total. The lowest BCUT2D eigenvalue weighted by Crippen LogP contribution is -2.31. The van der Waals surface area contributed by atoms with Gasteiger partial charge in [-0.1, -0.05) is 36.4 Å². The zero-order chi connectivity index (χ0) is 21.3. The Morgan fingerprint density at radius 1 is 1.07 bits per heavy atom. The van der Waals surface area contributed by atoms with Crippen LogP contribution in [-0.2, 0) is 4.79 Å². The molecule has 0 saturated heterocycles. The second-order valence-corrected chi connectivity index (χ2v) is 6.99. The van der Waals surface area contributed by atoms with E-state index in [0.29, 0.717) is 5.75 Å². The summed E-state index contributed by atoms with van der Waals surface area (Å²) in [6.45, 7) is 3.93. The van der Waals surface area contributed by atoms with Crippen molar-refractivity contribution < 1.29 is 14.3 Å². The van der Waals surface area contributed by atoms with E-state index in [1.807, 2.05) is 86.6 Å². The zero-order valence-corrected chi connectivity index (χ0v) is 17.5. The number of nitrogens with one attached hydrogen (secondary N) is 1. The van der Waals surface area contributed by atoms with E-state index in [9.17, 15) is 4.79 Å². The third-order valence-electron chi connectivity index (χ3n) is 4.61. The molecule has 0 bridgehead atoms. The molecule has 0 unspecified atom stereocenters. The molecule has 5 heteroatoms. The summed E-state index contributed by atoms with van der Waals surface area (Å²) in [5.41, 5.74) is 3.88. The lowest BCUT2D eigenvalue weighted by atomic mass is 10.1. The Hall–Kier alpha value is -3.60. The molecular weight excluding hydrogens is 376 g/mol. The van der Waals surface area contributed by atoms with Gasteiger partial charge in [-0.25, -0.2) is 0 Å². The van der Waals surface area contributed by atoms with Crippen LogP contribution in [0.2, 0.25) is 0 Å². The van der Waals surface area contributed by atoms with E-state index >= 15 is 0 Å². The average Bonchev–Trinajstić information content (AvgIpc) is 2.77. The molecule has 1 atom stereocenters. The van der Waals surface area contributed by atoms with Crippen LogP contribution in [0, 0.1) is 6.92 Å². The van der Waals surface area contributed by atoms with Crippen molar-refractivity contribution in [3.05, 3.63) is 89.5 Å². The van der Waals surface area contributed by atoms with Gasteiger partial charge in [-0.15, -0.1) is 0 Å². The van der Waals surface area contributed by atoms with Crippen LogP contribution in [-0.4, -0.2) is 25.8 Å². The van der Waals surface area contributed by atoms with Crippen molar-refractivity contribution in [2.75, 3.05) is 13.7 Å². The third kappa shape index (κ3) is 5.95. The van der Waals surface area contributed by atoms with Gasteiger partial charge in [0.1, 0.15) is 17.2 Å². The predicted molar refractivity (Wildman–Crippen MR) is 120 cm³/mol. The van der Waals surface area contributed by atoms with Gasteiger partial charge in [-0.2, -0.15) is 0 Å². The van der Waals surface area contributed by atoms with Crippen molar-refractivity contribution in [1.29, 1.82) is 0 Å². The van der Waals surface area contributed by atoms with Gasteiger partial charge in [0, 0.05) is 6.21 Å². The number of nitrogens with zero attached hydrogens (tertiary/aromatic N) is 1. The highest BCUT2D eigenvalue weighted by atomic mass is 16.5. The highest BCUT2D eigenvalue weighted by Crippen LogP contribution is 2.28. The number of aliphatic imine (C=N–C) groups is 1. The Balaban J connectivity index is 1.53. The maximum atomic E-state index is 12.1. The van der Waals surface area contributed by atoms with Gasteiger partial charge in [-0.05, 0) is 66.9 Å². The fraction of sp³-hybridized carbons (Fsp3) is 0.200. The van der Waals surface area contributed by atoms with E-state index in [4.69, 9.17) is 9.47 Å². The number of carbonyl (C=O) groups excluding carboxylic acids is 1. The van der Waals surface area contributed by atoms with Crippen LogP contribution in [0.3, 0.4) is 0 Å². The summed E-state index contributed by atoms with van der Waals surface area (Å²) in [6, 6.07) is 23.1. The van der Waals surface area contributed by atoms with Crippen LogP contribution in [0.4, 0.5) is 5.69 Å². The minimum absolute atomic E-state index is 0.0366. The number of amides is 1. The summed E-state index contributed by atoms with van der Waals surface area (Å²) in [5.74, 6) is 1.19. The Labute approximate surface area is 177 Å². The molecular formula is C25H26N2O3. The molecule has 5 nitrogen and oxygen atoms in total. The topological polar surface area (TPSA) is 59.9 Å². The molecule has 0 aliphatic rings. The van der Waals surface area contributed by atoms with Crippen molar-refractivity contribution in [3.63, 3.8) is 0 Å². The van der Waals surface area contributed by atoms with E-state index in [1.54, 1.807) is 13.3 Å². The molecule has 3 aromatic carbocycles.